The number of hydrogen-bond donors (Lipinski definition) is 1. The van der Waals surface area contributed by atoms with Crippen molar-refractivity contribution in [1.29, 1.82) is 0 Å². The van der Waals surface area contributed by atoms with E-state index in [1.54, 1.807) is 18.2 Å². The van der Waals surface area contributed by atoms with Crippen LogP contribution in [0.3, 0.4) is 0 Å². The van der Waals surface area contributed by atoms with Gasteiger partial charge in [-0.25, -0.2) is 4.79 Å². The molecule has 0 radical (unpaired) electrons. The van der Waals surface area contributed by atoms with Gasteiger partial charge in [-0.05, 0) is 30.9 Å². The summed E-state index contributed by atoms with van der Waals surface area (Å²) >= 11 is 0. The summed E-state index contributed by atoms with van der Waals surface area (Å²) in [6, 6.07) is 7.79. The van der Waals surface area contributed by atoms with Crippen LogP contribution in [-0.2, 0) is 9.59 Å². The molecule has 2 atom stereocenters. The first-order valence-electron chi connectivity index (χ1n) is 10.2. The Hall–Kier alpha value is -2.63. The minimum atomic E-state index is -0.596. The zero-order chi connectivity index (χ0) is 20.1. The maximum Gasteiger partial charge on any atom is 0.338 e. The predicted octanol–water partition coefficient (Wildman–Crippen LogP) is 3.62. The Kier molecular flexibility index (Phi) is 6.49. The smallest absolute Gasteiger partial charge is 0.338 e. The monoisotopic (exact) mass is 384 g/mol. The SMILES string of the molecule is CCCC[C@H](CC)CNC(=O)[C@@H]1CCC(=O)N1c1cc(=O)oc2ccccc12. The van der Waals surface area contributed by atoms with E-state index in [-0.39, 0.29) is 11.8 Å². The van der Waals surface area contributed by atoms with Gasteiger partial charge in [0.1, 0.15) is 11.6 Å². The van der Waals surface area contributed by atoms with Crippen molar-refractivity contribution >= 4 is 28.5 Å². The number of carbonyl (C=O) groups excluding carboxylic acids is 2. The number of nitrogens with zero attached hydrogens (tertiary/aromatic N) is 1. The van der Waals surface area contributed by atoms with E-state index in [9.17, 15) is 14.4 Å². The van der Waals surface area contributed by atoms with Gasteiger partial charge < -0.3 is 9.73 Å². The Morgan fingerprint density at radius 3 is 2.82 bits per heavy atom. The lowest BCUT2D eigenvalue weighted by Gasteiger charge is -2.26. The molecule has 0 aliphatic carbocycles. The largest absolute Gasteiger partial charge is 0.423 e. The topological polar surface area (TPSA) is 79.6 Å². The van der Waals surface area contributed by atoms with E-state index in [0.717, 1.165) is 25.7 Å². The van der Waals surface area contributed by atoms with Gasteiger partial charge in [0.15, 0.2) is 0 Å². The molecular formula is C22H28N2O4. The van der Waals surface area contributed by atoms with Crippen LogP contribution >= 0.6 is 0 Å². The molecule has 0 bridgehead atoms. The molecule has 150 valence electrons. The molecule has 2 aromatic rings. The van der Waals surface area contributed by atoms with E-state index in [1.807, 2.05) is 6.07 Å². The third kappa shape index (κ3) is 4.26. The highest BCUT2D eigenvalue weighted by molar-refractivity contribution is 6.08. The summed E-state index contributed by atoms with van der Waals surface area (Å²) in [5.74, 6) is 0.145. The van der Waals surface area contributed by atoms with Gasteiger partial charge in [-0.1, -0.05) is 45.2 Å². The summed E-state index contributed by atoms with van der Waals surface area (Å²) in [7, 11) is 0. The molecule has 3 rings (SSSR count). The van der Waals surface area contributed by atoms with Crippen LogP contribution in [0.15, 0.2) is 39.5 Å². The minimum Gasteiger partial charge on any atom is -0.423 e. The molecule has 0 spiro atoms. The molecule has 1 aromatic carbocycles. The highest BCUT2D eigenvalue weighted by Gasteiger charge is 2.38. The van der Waals surface area contributed by atoms with Crippen LogP contribution in [0.2, 0.25) is 0 Å². The first kappa shape index (κ1) is 20.1. The van der Waals surface area contributed by atoms with Crippen LogP contribution < -0.4 is 15.8 Å². The number of unbranched alkanes of at least 4 members (excludes halogenated alkanes) is 1. The Labute approximate surface area is 164 Å². The van der Waals surface area contributed by atoms with Crippen molar-refractivity contribution in [3.05, 3.63) is 40.8 Å². The average molecular weight is 384 g/mol. The van der Waals surface area contributed by atoms with Crippen LogP contribution in [0.1, 0.15) is 52.4 Å². The maximum absolute atomic E-state index is 12.9. The van der Waals surface area contributed by atoms with Crippen molar-refractivity contribution < 1.29 is 14.0 Å². The molecule has 6 heteroatoms. The Morgan fingerprint density at radius 2 is 2.07 bits per heavy atom. The molecule has 1 aliphatic heterocycles. The average Bonchev–Trinajstić information content (AvgIpc) is 3.08. The van der Waals surface area contributed by atoms with Gasteiger partial charge in [0.25, 0.3) is 0 Å². The van der Waals surface area contributed by atoms with Crippen molar-refractivity contribution in [2.24, 2.45) is 5.92 Å². The standard InChI is InChI=1S/C22H28N2O4/c1-3-5-8-15(4-2)14-23-22(27)17-11-12-20(25)24(17)18-13-21(26)28-19-10-7-6-9-16(18)19/h6-7,9-10,13,15,17H,3-5,8,11-12,14H2,1-2H3,(H,23,27)/t15-,17-/m0/s1. The molecule has 1 fully saturated rings. The summed E-state index contributed by atoms with van der Waals surface area (Å²) in [4.78, 5) is 38.9. The fourth-order valence-corrected chi connectivity index (χ4v) is 3.83. The van der Waals surface area contributed by atoms with Crippen molar-refractivity contribution in [3.63, 3.8) is 0 Å². The Bertz CT molecular complexity index is 905. The number of carbonyl (C=O) groups is 2. The maximum atomic E-state index is 12.9. The van der Waals surface area contributed by atoms with Crippen LogP contribution in [0, 0.1) is 5.92 Å². The number of benzene rings is 1. The summed E-state index contributed by atoms with van der Waals surface area (Å²) in [6.45, 7) is 4.91. The highest BCUT2D eigenvalue weighted by Crippen LogP contribution is 2.32. The third-order valence-electron chi connectivity index (χ3n) is 5.51. The van der Waals surface area contributed by atoms with Gasteiger partial charge in [-0.2, -0.15) is 0 Å². The molecule has 2 amide bonds. The Morgan fingerprint density at radius 1 is 1.29 bits per heavy atom. The van der Waals surface area contributed by atoms with E-state index < -0.39 is 11.7 Å². The molecule has 1 aliphatic rings. The fraction of sp³-hybridized carbons (Fsp3) is 0.500. The van der Waals surface area contributed by atoms with Gasteiger partial charge >= 0.3 is 5.63 Å². The number of hydrogen-bond acceptors (Lipinski definition) is 4. The number of anilines is 1. The van der Waals surface area contributed by atoms with E-state index in [0.29, 0.717) is 42.0 Å². The van der Waals surface area contributed by atoms with E-state index in [1.165, 1.54) is 11.0 Å². The van der Waals surface area contributed by atoms with Crippen molar-refractivity contribution in [2.75, 3.05) is 11.4 Å². The Balaban J connectivity index is 1.82. The van der Waals surface area contributed by atoms with Crippen molar-refractivity contribution in [2.45, 2.75) is 58.4 Å². The second kappa shape index (κ2) is 9.04. The van der Waals surface area contributed by atoms with Gasteiger partial charge in [0.05, 0.1) is 5.69 Å². The zero-order valence-electron chi connectivity index (χ0n) is 16.6. The van der Waals surface area contributed by atoms with Crippen LogP contribution in [0.5, 0.6) is 0 Å². The van der Waals surface area contributed by atoms with Gasteiger partial charge in [0.2, 0.25) is 11.8 Å². The van der Waals surface area contributed by atoms with Crippen molar-refractivity contribution in [1.82, 2.24) is 5.32 Å². The summed E-state index contributed by atoms with van der Waals surface area (Å²) < 4.78 is 5.23. The molecule has 0 saturated carbocycles. The van der Waals surface area contributed by atoms with E-state index in [2.05, 4.69) is 19.2 Å². The van der Waals surface area contributed by atoms with Gasteiger partial charge in [0, 0.05) is 24.4 Å². The first-order chi connectivity index (χ1) is 13.5. The summed E-state index contributed by atoms with van der Waals surface area (Å²) in [5.41, 5.74) is 0.333. The first-order valence-corrected chi connectivity index (χ1v) is 10.2. The molecular weight excluding hydrogens is 356 g/mol. The van der Waals surface area contributed by atoms with Crippen molar-refractivity contribution in [3.8, 4) is 0 Å². The number of nitrogens with one attached hydrogen (secondary N) is 1. The normalized spacial score (nSPS) is 17.9. The van der Waals surface area contributed by atoms with Crippen LogP contribution in [-0.4, -0.2) is 24.4 Å². The lowest BCUT2D eigenvalue weighted by molar-refractivity contribution is -0.124. The zero-order valence-corrected chi connectivity index (χ0v) is 16.6. The second-order valence-corrected chi connectivity index (χ2v) is 7.43. The fourth-order valence-electron chi connectivity index (χ4n) is 3.83. The number of fused-ring (bicyclic) bond motifs is 1. The molecule has 6 nitrogen and oxygen atoms in total. The third-order valence-corrected chi connectivity index (χ3v) is 5.51. The lowest BCUT2D eigenvalue weighted by Crippen LogP contribution is -2.46. The molecule has 1 saturated heterocycles. The van der Waals surface area contributed by atoms with E-state index in [4.69, 9.17) is 4.42 Å². The predicted molar refractivity (Wildman–Crippen MR) is 109 cm³/mol. The lowest BCUT2D eigenvalue weighted by atomic mass is 9.99. The number of para-hydroxylation sites is 1. The van der Waals surface area contributed by atoms with Crippen LogP contribution in [0.4, 0.5) is 5.69 Å². The van der Waals surface area contributed by atoms with Gasteiger partial charge in [-0.15, -0.1) is 0 Å². The number of rotatable bonds is 8. The molecule has 1 aromatic heterocycles. The molecule has 1 N–H and O–H groups in total. The highest BCUT2D eigenvalue weighted by atomic mass is 16.4. The molecule has 28 heavy (non-hydrogen) atoms. The quantitative estimate of drug-likeness (QED) is 0.705. The molecule has 2 heterocycles. The van der Waals surface area contributed by atoms with E-state index >= 15 is 0 Å². The second-order valence-electron chi connectivity index (χ2n) is 7.43. The number of amides is 2. The summed E-state index contributed by atoms with van der Waals surface area (Å²) in [5, 5.41) is 3.69. The molecule has 0 unspecified atom stereocenters. The summed E-state index contributed by atoms with van der Waals surface area (Å²) in [6.07, 6.45) is 5.13. The van der Waals surface area contributed by atoms with Crippen LogP contribution in [0.25, 0.3) is 11.0 Å². The minimum absolute atomic E-state index is 0.145. The van der Waals surface area contributed by atoms with Gasteiger partial charge in [-0.3, -0.25) is 14.5 Å².